The number of fused-ring (bicyclic) bond motifs is 1. The lowest BCUT2D eigenvalue weighted by Crippen LogP contribution is -2.01. The standard InChI is InChI=1S/C6H8N4O2/c7-5-6(10(11)12)8-4-2-1-3-9(4)5/h1-3,7H2. The van der Waals surface area contributed by atoms with Crippen molar-refractivity contribution in [2.45, 2.75) is 19.4 Å². The summed E-state index contributed by atoms with van der Waals surface area (Å²) in [5, 5.41) is 10.4. The van der Waals surface area contributed by atoms with Crippen LogP contribution in [0.3, 0.4) is 0 Å². The lowest BCUT2D eigenvalue weighted by Gasteiger charge is -1.95. The molecule has 0 atom stereocenters. The molecule has 0 saturated heterocycles. The molecule has 1 aromatic rings. The monoisotopic (exact) mass is 168 g/mol. The third kappa shape index (κ3) is 0.775. The molecule has 1 aromatic heterocycles. The first kappa shape index (κ1) is 7.08. The zero-order valence-corrected chi connectivity index (χ0v) is 6.36. The highest BCUT2D eigenvalue weighted by Gasteiger charge is 2.28. The van der Waals surface area contributed by atoms with Crippen molar-refractivity contribution in [3.8, 4) is 0 Å². The topological polar surface area (TPSA) is 87.0 Å². The number of hydrogen-bond acceptors (Lipinski definition) is 4. The molecule has 0 unspecified atom stereocenters. The number of aromatic nitrogens is 2. The summed E-state index contributed by atoms with van der Waals surface area (Å²) in [6, 6.07) is 0. The number of nitrogens with two attached hydrogens (primary N) is 1. The zero-order valence-electron chi connectivity index (χ0n) is 6.36. The van der Waals surface area contributed by atoms with Gasteiger partial charge < -0.3 is 15.8 Å². The molecule has 0 saturated carbocycles. The van der Waals surface area contributed by atoms with Crippen LogP contribution in [0, 0.1) is 10.1 Å². The van der Waals surface area contributed by atoms with E-state index in [4.69, 9.17) is 5.73 Å². The van der Waals surface area contributed by atoms with Crippen molar-refractivity contribution in [1.29, 1.82) is 0 Å². The van der Waals surface area contributed by atoms with Gasteiger partial charge in [-0.1, -0.05) is 0 Å². The van der Waals surface area contributed by atoms with Gasteiger partial charge in [0.2, 0.25) is 11.6 Å². The Bertz CT molecular complexity index is 344. The molecule has 1 aliphatic rings. The maximum atomic E-state index is 10.4. The molecule has 0 aromatic carbocycles. The van der Waals surface area contributed by atoms with E-state index >= 15 is 0 Å². The summed E-state index contributed by atoms with van der Waals surface area (Å²) in [4.78, 5) is 13.7. The van der Waals surface area contributed by atoms with Crippen LogP contribution in [0.5, 0.6) is 0 Å². The molecule has 0 amide bonds. The molecule has 0 fully saturated rings. The predicted octanol–water partition coefficient (Wildman–Crippen LogP) is 0.320. The van der Waals surface area contributed by atoms with Crippen LogP contribution in [0.2, 0.25) is 0 Å². The van der Waals surface area contributed by atoms with Crippen LogP contribution in [-0.4, -0.2) is 14.5 Å². The maximum absolute atomic E-state index is 10.4. The Hall–Kier alpha value is -1.59. The van der Waals surface area contributed by atoms with Crippen LogP contribution in [-0.2, 0) is 13.0 Å². The van der Waals surface area contributed by atoms with E-state index in [-0.39, 0.29) is 11.6 Å². The maximum Gasteiger partial charge on any atom is 0.406 e. The summed E-state index contributed by atoms with van der Waals surface area (Å²) in [5.74, 6) is 0.719. The van der Waals surface area contributed by atoms with Gasteiger partial charge >= 0.3 is 5.82 Å². The molecular formula is C6H8N4O2. The molecule has 2 heterocycles. The van der Waals surface area contributed by atoms with Gasteiger partial charge in [0.25, 0.3) is 0 Å². The number of aryl methyl sites for hydroxylation is 1. The quantitative estimate of drug-likeness (QED) is 0.483. The molecule has 6 heteroatoms. The Morgan fingerprint density at radius 2 is 2.42 bits per heavy atom. The van der Waals surface area contributed by atoms with Gasteiger partial charge in [0.1, 0.15) is 0 Å². The average Bonchev–Trinajstić information content (AvgIpc) is 2.53. The molecular weight excluding hydrogens is 160 g/mol. The molecule has 0 spiro atoms. The average molecular weight is 168 g/mol. The number of anilines is 1. The minimum absolute atomic E-state index is 0.188. The molecule has 0 radical (unpaired) electrons. The van der Waals surface area contributed by atoms with E-state index in [9.17, 15) is 10.1 Å². The van der Waals surface area contributed by atoms with E-state index in [1.54, 1.807) is 4.57 Å². The highest BCUT2D eigenvalue weighted by molar-refractivity contribution is 5.49. The molecule has 12 heavy (non-hydrogen) atoms. The lowest BCUT2D eigenvalue weighted by atomic mass is 10.4. The van der Waals surface area contributed by atoms with Crippen LogP contribution < -0.4 is 5.73 Å². The van der Waals surface area contributed by atoms with Crippen LogP contribution in [0.4, 0.5) is 11.6 Å². The Labute approximate surface area is 68.2 Å². The smallest absolute Gasteiger partial charge is 0.378 e. The molecule has 2 N–H and O–H groups in total. The highest BCUT2D eigenvalue weighted by Crippen LogP contribution is 2.26. The first-order chi connectivity index (χ1) is 5.70. The third-order valence-electron chi connectivity index (χ3n) is 2.02. The molecule has 64 valence electrons. The molecule has 0 aliphatic carbocycles. The van der Waals surface area contributed by atoms with E-state index in [0.717, 1.165) is 25.2 Å². The van der Waals surface area contributed by atoms with Crippen LogP contribution >= 0.6 is 0 Å². The largest absolute Gasteiger partial charge is 0.406 e. The van der Waals surface area contributed by atoms with Gasteiger partial charge in [-0.3, -0.25) is 4.57 Å². The van der Waals surface area contributed by atoms with E-state index in [0.29, 0.717) is 0 Å². The molecule has 2 rings (SSSR count). The highest BCUT2D eigenvalue weighted by atomic mass is 16.6. The van der Waals surface area contributed by atoms with Gasteiger partial charge in [-0.15, -0.1) is 0 Å². The Kier molecular flexibility index (Phi) is 1.30. The van der Waals surface area contributed by atoms with E-state index in [1.807, 2.05) is 0 Å². The summed E-state index contributed by atoms with van der Waals surface area (Å²) < 4.78 is 1.71. The Balaban J connectivity index is 2.54. The summed E-state index contributed by atoms with van der Waals surface area (Å²) in [7, 11) is 0. The first-order valence-electron chi connectivity index (χ1n) is 3.69. The van der Waals surface area contributed by atoms with E-state index < -0.39 is 4.92 Å². The second-order valence-electron chi connectivity index (χ2n) is 2.75. The SMILES string of the molecule is Nc1c([N+](=O)[O-])nc2n1CCC2. The number of rotatable bonds is 1. The van der Waals surface area contributed by atoms with Crippen LogP contribution in [0.1, 0.15) is 12.2 Å². The fourth-order valence-corrected chi connectivity index (χ4v) is 1.47. The van der Waals surface area contributed by atoms with Crippen molar-refractivity contribution in [1.82, 2.24) is 9.55 Å². The Morgan fingerprint density at radius 3 is 3.00 bits per heavy atom. The van der Waals surface area contributed by atoms with Gasteiger partial charge in [0, 0.05) is 13.0 Å². The molecule has 6 nitrogen and oxygen atoms in total. The molecule has 0 bridgehead atoms. The third-order valence-corrected chi connectivity index (χ3v) is 2.02. The van der Waals surface area contributed by atoms with Gasteiger partial charge in [-0.05, 0) is 16.3 Å². The van der Waals surface area contributed by atoms with Gasteiger partial charge in [-0.2, -0.15) is 0 Å². The van der Waals surface area contributed by atoms with E-state index in [2.05, 4.69) is 4.98 Å². The van der Waals surface area contributed by atoms with Crippen molar-refractivity contribution in [2.24, 2.45) is 0 Å². The number of imidazole rings is 1. The number of nitro groups is 1. The Morgan fingerprint density at radius 1 is 1.67 bits per heavy atom. The predicted molar refractivity (Wildman–Crippen MR) is 41.6 cm³/mol. The van der Waals surface area contributed by atoms with Gasteiger partial charge in [0.05, 0.1) is 0 Å². The number of nitrogens with zero attached hydrogens (tertiary/aromatic N) is 3. The van der Waals surface area contributed by atoms with Crippen molar-refractivity contribution >= 4 is 11.6 Å². The van der Waals surface area contributed by atoms with E-state index in [1.165, 1.54) is 0 Å². The molecule has 1 aliphatic heterocycles. The van der Waals surface area contributed by atoms with Crippen molar-refractivity contribution < 1.29 is 4.92 Å². The summed E-state index contributed by atoms with van der Waals surface area (Å²) in [5.41, 5.74) is 5.51. The van der Waals surface area contributed by atoms with Crippen molar-refractivity contribution in [3.05, 3.63) is 15.9 Å². The van der Waals surface area contributed by atoms with Crippen molar-refractivity contribution in [3.63, 3.8) is 0 Å². The first-order valence-corrected chi connectivity index (χ1v) is 3.69. The fraction of sp³-hybridized carbons (Fsp3) is 0.500. The van der Waals surface area contributed by atoms with Crippen molar-refractivity contribution in [2.75, 3.05) is 5.73 Å². The fourth-order valence-electron chi connectivity index (χ4n) is 1.47. The van der Waals surface area contributed by atoms with Crippen LogP contribution in [0.15, 0.2) is 0 Å². The lowest BCUT2D eigenvalue weighted by molar-refractivity contribution is -0.388. The summed E-state index contributed by atoms with van der Waals surface area (Å²) in [6.07, 6.45) is 1.77. The minimum atomic E-state index is -0.541. The second kappa shape index (κ2) is 2.20. The number of nitrogen functional groups attached to an aromatic ring is 1. The second-order valence-corrected chi connectivity index (χ2v) is 2.75. The van der Waals surface area contributed by atoms with Gasteiger partial charge in [-0.25, -0.2) is 0 Å². The summed E-state index contributed by atoms with van der Waals surface area (Å²) in [6.45, 7) is 0.752. The normalized spacial score (nSPS) is 14.7. The van der Waals surface area contributed by atoms with Crippen LogP contribution in [0.25, 0.3) is 0 Å². The zero-order chi connectivity index (χ0) is 8.72. The van der Waals surface area contributed by atoms with Gasteiger partial charge in [0.15, 0.2) is 0 Å². The minimum Gasteiger partial charge on any atom is -0.378 e. The summed E-state index contributed by atoms with van der Waals surface area (Å²) >= 11 is 0. The number of hydrogen-bond donors (Lipinski definition) is 1.